The first kappa shape index (κ1) is 33.2. The van der Waals surface area contributed by atoms with E-state index in [1.54, 1.807) is 23.1 Å². The highest BCUT2D eigenvalue weighted by atomic mass is 16.6. The van der Waals surface area contributed by atoms with Crippen LogP contribution in [-0.2, 0) is 14.3 Å². The van der Waals surface area contributed by atoms with Gasteiger partial charge in [-0.1, -0.05) is 50.1 Å². The van der Waals surface area contributed by atoms with Crippen LogP contribution in [0, 0.1) is 0 Å². The van der Waals surface area contributed by atoms with Crippen LogP contribution in [-0.4, -0.2) is 107 Å². The summed E-state index contributed by atoms with van der Waals surface area (Å²) in [5.74, 6) is -2.17. The van der Waals surface area contributed by atoms with Gasteiger partial charge in [-0.05, 0) is 25.7 Å². The Bertz CT molecular complexity index is 1340. The van der Waals surface area contributed by atoms with Crippen LogP contribution in [0.4, 0.5) is 9.59 Å². The van der Waals surface area contributed by atoms with Crippen LogP contribution < -0.4 is 10.1 Å². The van der Waals surface area contributed by atoms with E-state index in [1.807, 2.05) is 18.2 Å². The van der Waals surface area contributed by atoms with Crippen LogP contribution >= 0.6 is 0 Å². The van der Waals surface area contributed by atoms with Crippen LogP contribution in [0.1, 0.15) is 62.4 Å². The first-order chi connectivity index (χ1) is 21.7. The quantitative estimate of drug-likeness (QED) is 0.336. The topological polar surface area (TPSA) is 159 Å². The van der Waals surface area contributed by atoms with E-state index in [1.165, 1.54) is 15.9 Å². The summed E-state index contributed by atoms with van der Waals surface area (Å²) in [7, 11) is 0. The van der Waals surface area contributed by atoms with Gasteiger partial charge >= 0.3 is 18.2 Å². The van der Waals surface area contributed by atoms with Crippen molar-refractivity contribution in [3.05, 3.63) is 48.2 Å². The Kier molecular flexibility index (Phi) is 12.1. The van der Waals surface area contributed by atoms with Gasteiger partial charge in [-0.25, -0.2) is 14.6 Å². The Labute approximate surface area is 262 Å². The van der Waals surface area contributed by atoms with E-state index in [2.05, 4.69) is 17.2 Å². The average Bonchev–Trinajstić information content (AvgIpc) is 3.60. The predicted octanol–water partition coefficient (Wildman–Crippen LogP) is 3.78. The lowest BCUT2D eigenvalue weighted by Crippen LogP contribution is -2.56. The van der Waals surface area contributed by atoms with Gasteiger partial charge in [0.1, 0.15) is 17.5 Å². The number of carbonyl (C=O) groups excluding carboxylic acids is 4. The van der Waals surface area contributed by atoms with Gasteiger partial charge < -0.3 is 34.6 Å². The first-order valence-corrected chi connectivity index (χ1v) is 15.5. The van der Waals surface area contributed by atoms with Crippen molar-refractivity contribution in [2.24, 2.45) is 0 Å². The number of carboxylic acid groups (broad SMARTS) is 1. The summed E-state index contributed by atoms with van der Waals surface area (Å²) in [5.41, 5.74) is 0.980. The number of rotatable bonds is 12. The van der Waals surface area contributed by atoms with Crippen molar-refractivity contribution < 1.29 is 38.6 Å². The van der Waals surface area contributed by atoms with E-state index in [9.17, 15) is 29.1 Å². The molecule has 0 aliphatic carbocycles. The summed E-state index contributed by atoms with van der Waals surface area (Å²) in [4.78, 5) is 72.7. The molecule has 2 aliphatic rings. The lowest BCUT2D eigenvalue weighted by atomic mass is 10.1. The number of nitrogens with zero attached hydrogens (tertiary/aromatic N) is 4. The smallest absolute Gasteiger partial charge is 0.415 e. The maximum atomic E-state index is 13.5. The molecular formula is C32H41N5O8. The molecule has 2 fully saturated rings. The molecular weight excluding hydrogens is 582 g/mol. The van der Waals surface area contributed by atoms with Crippen molar-refractivity contribution in [1.82, 2.24) is 25.0 Å². The van der Waals surface area contributed by atoms with Crippen molar-refractivity contribution >= 4 is 30.0 Å². The van der Waals surface area contributed by atoms with Crippen molar-refractivity contribution in [2.75, 3.05) is 45.9 Å². The van der Waals surface area contributed by atoms with Crippen LogP contribution in [0.25, 0.3) is 11.3 Å². The van der Waals surface area contributed by atoms with Gasteiger partial charge in [-0.2, -0.15) is 0 Å². The number of nitrogens with one attached hydrogen (secondary N) is 1. The second kappa shape index (κ2) is 16.4. The highest BCUT2D eigenvalue weighted by molar-refractivity contribution is 5.97. The van der Waals surface area contributed by atoms with Gasteiger partial charge in [-0.3, -0.25) is 14.4 Å². The van der Waals surface area contributed by atoms with Gasteiger partial charge in [0.15, 0.2) is 0 Å². The number of hydrogen-bond donors (Lipinski definition) is 2. The number of carbonyl (C=O) groups is 5. The Morgan fingerprint density at radius 1 is 0.889 bits per heavy atom. The molecule has 2 N–H and O–H groups in total. The molecule has 2 aromatic rings. The summed E-state index contributed by atoms with van der Waals surface area (Å²) >= 11 is 0. The molecule has 13 heteroatoms. The number of unbranched alkanes of at least 4 members (excludes halogenated alkanes) is 2. The fourth-order valence-corrected chi connectivity index (χ4v) is 5.19. The van der Waals surface area contributed by atoms with Crippen molar-refractivity contribution in [3.63, 3.8) is 0 Å². The van der Waals surface area contributed by atoms with Crippen LogP contribution in [0.15, 0.2) is 42.5 Å². The van der Waals surface area contributed by atoms with Gasteiger partial charge in [0, 0.05) is 63.4 Å². The molecule has 45 heavy (non-hydrogen) atoms. The lowest BCUT2D eigenvalue weighted by Gasteiger charge is -2.36. The minimum atomic E-state index is -1.15. The molecule has 4 amide bonds. The molecule has 4 rings (SSSR count). The largest absolute Gasteiger partial charge is 0.481 e. The van der Waals surface area contributed by atoms with Crippen molar-refractivity contribution in [1.29, 1.82) is 0 Å². The Hall–Kier alpha value is -4.68. The summed E-state index contributed by atoms with van der Waals surface area (Å²) in [5, 5.41) is 12.0. The number of aromatic nitrogens is 1. The van der Waals surface area contributed by atoms with Crippen LogP contribution in [0.2, 0.25) is 0 Å². The Morgan fingerprint density at radius 3 is 2.22 bits per heavy atom. The molecule has 0 spiro atoms. The molecule has 0 saturated carbocycles. The van der Waals surface area contributed by atoms with E-state index < -0.39 is 36.0 Å². The van der Waals surface area contributed by atoms with Crippen molar-refractivity contribution in [2.45, 2.75) is 57.9 Å². The predicted molar refractivity (Wildman–Crippen MR) is 164 cm³/mol. The molecule has 1 atom stereocenters. The number of hydrogen-bond acceptors (Lipinski definition) is 8. The minimum Gasteiger partial charge on any atom is -0.481 e. The van der Waals surface area contributed by atoms with E-state index >= 15 is 0 Å². The summed E-state index contributed by atoms with van der Waals surface area (Å²) in [6.45, 7) is 4.51. The molecule has 13 nitrogen and oxygen atoms in total. The fraction of sp³-hybridized carbons (Fsp3) is 0.500. The normalized spacial score (nSPS) is 15.4. The number of amides is 4. The molecule has 0 bridgehead atoms. The highest BCUT2D eigenvalue weighted by Gasteiger charge is 2.31. The highest BCUT2D eigenvalue weighted by Crippen LogP contribution is 2.25. The number of ether oxygens (including phenoxy) is 2. The molecule has 0 radical (unpaired) electrons. The zero-order valence-electron chi connectivity index (χ0n) is 25.6. The number of pyridine rings is 1. The Balaban J connectivity index is 1.47. The monoisotopic (exact) mass is 623 g/mol. The SMILES string of the molecule is CCCCCOC(=O)N1CCN(C(=O)[C@H](CCC(=O)O)NC(=O)c2cc(OC(=O)N3CCCC3)cc(-c3ccccc3)n2)CC1. The van der Waals surface area contributed by atoms with Gasteiger partial charge in [-0.15, -0.1) is 0 Å². The molecule has 2 aliphatic heterocycles. The number of likely N-dealkylation sites (tertiary alicyclic amines) is 1. The number of benzene rings is 1. The summed E-state index contributed by atoms with van der Waals surface area (Å²) in [6.07, 6.45) is 3.09. The van der Waals surface area contributed by atoms with E-state index in [0.29, 0.717) is 31.0 Å². The average molecular weight is 624 g/mol. The molecule has 242 valence electrons. The third kappa shape index (κ3) is 9.65. The number of piperazine rings is 1. The second-order valence-corrected chi connectivity index (χ2v) is 11.1. The molecule has 0 unspecified atom stereocenters. The summed E-state index contributed by atoms with van der Waals surface area (Å²) < 4.78 is 10.9. The minimum absolute atomic E-state index is 0.0932. The third-order valence-electron chi connectivity index (χ3n) is 7.74. The lowest BCUT2D eigenvalue weighted by molar-refractivity contribution is -0.138. The maximum Gasteiger partial charge on any atom is 0.415 e. The molecule has 2 saturated heterocycles. The van der Waals surface area contributed by atoms with Gasteiger partial charge in [0.2, 0.25) is 5.91 Å². The zero-order valence-corrected chi connectivity index (χ0v) is 25.6. The van der Waals surface area contributed by atoms with Crippen molar-refractivity contribution in [3.8, 4) is 17.0 Å². The first-order valence-electron chi connectivity index (χ1n) is 15.5. The van der Waals surface area contributed by atoms with E-state index in [4.69, 9.17) is 9.47 Å². The Morgan fingerprint density at radius 2 is 1.56 bits per heavy atom. The maximum absolute atomic E-state index is 13.5. The summed E-state index contributed by atoms with van der Waals surface area (Å²) in [6, 6.07) is 10.8. The second-order valence-electron chi connectivity index (χ2n) is 11.1. The van der Waals surface area contributed by atoms with E-state index in [-0.39, 0.29) is 50.5 Å². The standard InChI is InChI=1S/C32H41N5O8/c1-2-3-9-20-44-31(42)37-18-16-35(17-19-37)30(41)25(12-13-28(38)39)34-29(40)27-22-24(45-32(43)36-14-7-8-15-36)21-26(33-27)23-10-5-4-6-11-23/h4-6,10-11,21-22,25H,2-3,7-9,12-20H2,1H3,(H,34,40)(H,38,39)/t25-/m0/s1. The van der Waals surface area contributed by atoms with Crippen LogP contribution in [0.5, 0.6) is 5.75 Å². The third-order valence-corrected chi connectivity index (χ3v) is 7.74. The number of aliphatic carboxylic acids is 1. The van der Waals surface area contributed by atoms with Gasteiger partial charge in [0.05, 0.1) is 12.3 Å². The van der Waals surface area contributed by atoms with Crippen LogP contribution in [0.3, 0.4) is 0 Å². The molecule has 3 heterocycles. The molecule has 1 aromatic heterocycles. The number of carboxylic acids is 1. The van der Waals surface area contributed by atoms with Gasteiger partial charge in [0.25, 0.3) is 5.91 Å². The molecule has 1 aromatic carbocycles. The fourth-order valence-electron chi connectivity index (χ4n) is 5.19. The zero-order chi connectivity index (χ0) is 32.2. The van der Waals surface area contributed by atoms with E-state index in [0.717, 1.165) is 32.1 Å².